The van der Waals surface area contributed by atoms with E-state index in [4.69, 9.17) is 0 Å². The molecule has 1 heteroatoms. The van der Waals surface area contributed by atoms with Crippen molar-refractivity contribution in [2.24, 2.45) is 0 Å². The topological polar surface area (TPSA) is 17.1 Å². The summed E-state index contributed by atoms with van der Waals surface area (Å²) < 4.78 is 0. The molecule has 1 aliphatic rings. The van der Waals surface area contributed by atoms with Crippen molar-refractivity contribution in [2.75, 3.05) is 0 Å². The van der Waals surface area contributed by atoms with Crippen molar-refractivity contribution in [3.8, 4) is 0 Å². The molecule has 0 unspecified atom stereocenters. The first kappa shape index (κ1) is 10.9. The zero-order valence-corrected chi connectivity index (χ0v) is 9.57. The van der Waals surface area contributed by atoms with Gasteiger partial charge in [-0.05, 0) is 49.0 Å². The van der Waals surface area contributed by atoms with Crippen LogP contribution in [0.25, 0.3) is 5.57 Å². The largest absolute Gasteiger partial charge is 0.299 e. The van der Waals surface area contributed by atoms with Crippen LogP contribution in [-0.4, -0.2) is 6.29 Å². The fraction of sp³-hybridized carbons (Fsp3) is 0.267. The number of hydrogen-bond acceptors (Lipinski definition) is 1. The van der Waals surface area contributed by atoms with Crippen LogP contribution in [-0.2, 0) is 4.79 Å². The molecule has 0 fully saturated rings. The average Bonchev–Trinajstić information content (AvgIpc) is 2.31. The van der Waals surface area contributed by atoms with Crippen molar-refractivity contribution in [1.29, 1.82) is 0 Å². The SMILES string of the molecule is CC1=C(c2ccccc2)/C(=C/C=O)CCC1. The molecule has 1 aromatic rings. The summed E-state index contributed by atoms with van der Waals surface area (Å²) in [7, 11) is 0. The molecule has 16 heavy (non-hydrogen) atoms. The van der Waals surface area contributed by atoms with E-state index in [0.29, 0.717) is 0 Å². The summed E-state index contributed by atoms with van der Waals surface area (Å²) in [6.45, 7) is 2.17. The van der Waals surface area contributed by atoms with E-state index in [9.17, 15) is 4.79 Å². The number of hydrogen-bond donors (Lipinski definition) is 0. The van der Waals surface area contributed by atoms with Crippen molar-refractivity contribution in [1.82, 2.24) is 0 Å². The van der Waals surface area contributed by atoms with Crippen molar-refractivity contribution >= 4 is 11.9 Å². The van der Waals surface area contributed by atoms with E-state index in [2.05, 4.69) is 19.1 Å². The Morgan fingerprint density at radius 3 is 2.56 bits per heavy atom. The molecule has 0 atom stereocenters. The van der Waals surface area contributed by atoms with Crippen LogP contribution < -0.4 is 0 Å². The van der Waals surface area contributed by atoms with Gasteiger partial charge in [-0.15, -0.1) is 0 Å². The summed E-state index contributed by atoms with van der Waals surface area (Å²) in [5.41, 5.74) is 5.09. The van der Waals surface area contributed by atoms with Crippen LogP contribution in [0.2, 0.25) is 0 Å². The maximum Gasteiger partial charge on any atom is 0.143 e. The number of aldehydes is 1. The minimum absolute atomic E-state index is 0.900. The molecular weight excluding hydrogens is 196 g/mol. The predicted molar refractivity (Wildman–Crippen MR) is 67.0 cm³/mol. The number of rotatable bonds is 2. The van der Waals surface area contributed by atoms with Crippen LogP contribution in [0.1, 0.15) is 31.7 Å². The van der Waals surface area contributed by atoms with Crippen LogP contribution >= 0.6 is 0 Å². The standard InChI is InChI=1S/C15H16O/c1-12-6-5-9-14(10-11-16)15(12)13-7-3-2-4-8-13/h2-4,7-8,10-11H,5-6,9H2,1H3/b14-10+. The molecule has 1 aromatic carbocycles. The van der Waals surface area contributed by atoms with Gasteiger partial charge < -0.3 is 0 Å². The zero-order valence-electron chi connectivity index (χ0n) is 9.57. The summed E-state index contributed by atoms with van der Waals surface area (Å²) in [4.78, 5) is 10.7. The molecule has 0 heterocycles. The molecular formula is C15H16O. The second-order valence-electron chi connectivity index (χ2n) is 4.20. The van der Waals surface area contributed by atoms with Crippen molar-refractivity contribution < 1.29 is 4.79 Å². The Labute approximate surface area is 96.5 Å². The Kier molecular flexibility index (Phi) is 3.35. The van der Waals surface area contributed by atoms with Gasteiger partial charge in [-0.2, -0.15) is 0 Å². The van der Waals surface area contributed by atoms with Gasteiger partial charge in [0.1, 0.15) is 6.29 Å². The molecule has 1 nitrogen and oxygen atoms in total. The third kappa shape index (κ3) is 2.13. The summed E-state index contributed by atoms with van der Waals surface area (Å²) in [6.07, 6.45) is 5.92. The fourth-order valence-electron chi connectivity index (χ4n) is 2.35. The van der Waals surface area contributed by atoms with Gasteiger partial charge in [0, 0.05) is 0 Å². The van der Waals surface area contributed by atoms with Gasteiger partial charge in [0.15, 0.2) is 0 Å². The Balaban J connectivity index is 2.50. The molecule has 0 saturated carbocycles. The highest BCUT2D eigenvalue weighted by Crippen LogP contribution is 2.35. The molecule has 0 bridgehead atoms. The maximum atomic E-state index is 10.7. The highest BCUT2D eigenvalue weighted by molar-refractivity contribution is 5.86. The van der Waals surface area contributed by atoms with Crippen molar-refractivity contribution in [3.05, 3.63) is 53.1 Å². The lowest BCUT2D eigenvalue weighted by molar-refractivity contribution is -0.104. The van der Waals surface area contributed by atoms with Gasteiger partial charge >= 0.3 is 0 Å². The Morgan fingerprint density at radius 2 is 1.88 bits per heavy atom. The Morgan fingerprint density at radius 1 is 1.12 bits per heavy atom. The lowest BCUT2D eigenvalue weighted by Crippen LogP contribution is -2.01. The van der Waals surface area contributed by atoms with Gasteiger partial charge in [0.2, 0.25) is 0 Å². The van der Waals surface area contributed by atoms with Crippen LogP contribution in [0.4, 0.5) is 0 Å². The molecule has 0 N–H and O–H groups in total. The number of carbonyl (C=O) groups is 1. The molecule has 0 saturated heterocycles. The molecule has 0 aliphatic heterocycles. The minimum Gasteiger partial charge on any atom is -0.299 e. The Bertz CT molecular complexity index is 438. The third-order valence-electron chi connectivity index (χ3n) is 3.08. The predicted octanol–water partition coefficient (Wildman–Crippen LogP) is 3.77. The second-order valence-corrected chi connectivity index (χ2v) is 4.20. The zero-order chi connectivity index (χ0) is 11.4. The van der Waals surface area contributed by atoms with E-state index < -0.39 is 0 Å². The van der Waals surface area contributed by atoms with E-state index in [0.717, 1.165) is 25.5 Å². The van der Waals surface area contributed by atoms with Crippen LogP contribution in [0.5, 0.6) is 0 Å². The first-order valence-electron chi connectivity index (χ1n) is 5.73. The monoisotopic (exact) mass is 212 g/mol. The molecule has 0 amide bonds. The first-order valence-corrected chi connectivity index (χ1v) is 5.73. The molecule has 1 aliphatic carbocycles. The summed E-state index contributed by atoms with van der Waals surface area (Å²) >= 11 is 0. The quantitative estimate of drug-likeness (QED) is 0.538. The smallest absolute Gasteiger partial charge is 0.143 e. The van der Waals surface area contributed by atoms with E-state index in [1.807, 2.05) is 18.2 Å². The van der Waals surface area contributed by atoms with Crippen LogP contribution in [0.15, 0.2) is 47.6 Å². The molecule has 0 aromatic heterocycles. The van der Waals surface area contributed by atoms with Crippen LogP contribution in [0.3, 0.4) is 0 Å². The van der Waals surface area contributed by atoms with E-state index in [1.54, 1.807) is 6.08 Å². The molecule has 82 valence electrons. The maximum absolute atomic E-state index is 10.7. The Hall–Kier alpha value is -1.63. The first-order chi connectivity index (χ1) is 7.83. The van der Waals surface area contributed by atoms with E-state index in [1.165, 1.54) is 22.3 Å². The molecule has 2 rings (SSSR count). The van der Waals surface area contributed by atoms with Gasteiger partial charge in [-0.3, -0.25) is 4.79 Å². The van der Waals surface area contributed by atoms with Gasteiger partial charge in [-0.1, -0.05) is 35.9 Å². The van der Waals surface area contributed by atoms with Crippen molar-refractivity contribution in [3.63, 3.8) is 0 Å². The highest BCUT2D eigenvalue weighted by atomic mass is 16.1. The fourth-order valence-corrected chi connectivity index (χ4v) is 2.35. The van der Waals surface area contributed by atoms with E-state index in [-0.39, 0.29) is 0 Å². The lowest BCUT2D eigenvalue weighted by atomic mass is 9.84. The van der Waals surface area contributed by atoms with Gasteiger partial charge in [0.25, 0.3) is 0 Å². The second kappa shape index (κ2) is 4.93. The lowest BCUT2D eigenvalue weighted by Gasteiger charge is -2.21. The number of allylic oxidation sites excluding steroid dienone is 4. The average molecular weight is 212 g/mol. The summed E-state index contributed by atoms with van der Waals surface area (Å²) in [6, 6.07) is 10.3. The molecule has 0 spiro atoms. The number of benzene rings is 1. The van der Waals surface area contributed by atoms with Gasteiger partial charge in [-0.25, -0.2) is 0 Å². The normalized spacial score (nSPS) is 18.9. The highest BCUT2D eigenvalue weighted by Gasteiger charge is 2.15. The van der Waals surface area contributed by atoms with E-state index >= 15 is 0 Å². The minimum atomic E-state index is 0.900. The van der Waals surface area contributed by atoms with Crippen molar-refractivity contribution in [2.45, 2.75) is 26.2 Å². The summed E-state index contributed by atoms with van der Waals surface area (Å²) in [5, 5.41) is 0. The van der Waals surface area contributed by atoms with Crippen LogP contribution in [0, 0.1) is 0 Å². The molecule has 0 radical (unpaired) electrons. The van der Waals surface area contributed by atoms with Gasteiger partial charge in [0.05, 0.1) is 0 Å². The number of carbonyl (C=O) groups excluding carboxylic acids is 1. The third-order valence-corrected chi connectivity index (χ3v) is 3.08. The summed E-state index contributed by atoms with van der Waals surface area (Å²) in [5.74, 6) is 0.